The molecule has 3 nitrogen and oxygen atoms in total. The van der Waals surface area contributed by atoms with E-state index in [1.807, 2.05) is 11.3 Å². The number of hydrogen-bond acceptors (Lipinski definition) is 3. The Balaban J connectivity index is 1.68. The molecule has 2 aromatic rings. The zero-order valence-electron chi connectivity index (χ0n) is 17.4. The predicted octanol–water partition coefficient (Wildman–Crippen LogP) is 5.98. The van der Waals surface area contributed by atoms with Gasteiger partial charge in [-0.25, -0.2) is 4.99 Å². The van der Waals surface area contributed by atoms with Gasteiger partial charge in [0.05, 0.1) is 5.71 Å². The maximum atomic E-state index is 4.92. The molecule has 1 aliphatic rings. The summed E-state index contributed by atoms with van der Waals surface area (Å²) in [6.45, 7) is 8.68. The van der Waals surface area contributed by atoms with E-state index in [9.17, 15) is 0 Å². The molecule has 2 heterocycles. The highest BCUT2D eigenvalue weighted by molar-refractivity contribution is 7.14. The van der Waals surface area contributed by atoms with Gasteiger partial charge in [-0.2, -0.15) is 0 Å². The summed E-state index contributed by atoms with van der Waals surface area (Å²) >= 11 is 1.89. The lowest BCUT2D eigenvalue weighted by Crippen LogP contribution is -2.23. The van der Waals surface area contributed by atoms with Crippen LogP contribution in [0.25, 0.3) is 0 Å². The standard InChI is InChI=1S/C24H33N3S/c1-3-15-25-24(18-21-11-7-6-8-12-21)26-20(2)23-14-13-22(28-23)19-27-16-9-4-5-10-17-27/h6-8,11-14H,3-5,9-10,15-19H2,1-2H3. The molecule has 0 N–H and O–H groups in total. The predicted molar refractivity (Wildman–Crippen MR) is 123 cm³/mol. The zero-order valence-corrected chi connectivity index (χ0v) is 18.2. The minimum Gasteiger partial charge on any atom is -0.298 e. The van der Waals surface area contributed by atoms with E-state index in [2.05, 4.69) is 61.2 Å². The lowest BCUT2D eigenvalue weighted by molar-refractivity contribution is 0.279. The van der Waals surface area contributed by atoms with Gasteiger partial charge in [0.25, 0.3) is 0 Å². The van der Waals surface area contributed by atoms with Crippen LogP contribution < -0.4 is 0 Å². The lowest BCUT2D eigenvalue weighted by Gasteiger charge is -2.18. The summed E-state index contributed by atoms with van der Waals surface area (Å²) in [6, 6.07) is 15.0. The summed E-state index contributed by atoms with van der Waals surface area (Å²) in [5.74, 6) is 0.938. The quantitative estimate of drug-likeness (QED) is 0.418. The van der Waals surface area contributed by atoms with Crippen LogP contribution in [-0.4, -0.2) is 36.1 Å². The molecule has 0 saturated carbocycles. The second-order valence-electron chi connectivity index (χ2n) is 7.61. The van der Waals surface area contributed by atoms with Crippen LogP contribution in [0, 0.1) is 0 Å². The van der Waals surface area contributed by atoms with Crippen molar-refractivity contribution >= 4 is 22.9 Å². The van der Waals surface area contributed by atoms with E-state index in [1.165, 1.54) is 54.1 Å². The molecule has 1 aromatic heterocycles. The summed E-state index contributed by atoms with van der Waals surface area (Å²) in [6.07, 6.45) is 7.30. The number of nitrogens with zero attached hydrogens (tertiary/aromatic N) is 3. The maximum absolute atomic E-state index is 4.92. The monoisotopic (exact) mass is 395 g/mol. The minimum absolute atomic E-state index is 0.796. The lowest BCUT2D eigenvalue weighted by atomic mass is 10.1. The first-order chi connectivity index (χ1) is 13.7. The van der Waals surface area contributed by atoms with Gasteiger partial charge in [0.15, 0.2) is 0 Å². The molecule has 1 fully saturated rings. The molecule has 1 aromatic carbocycles. The molecular formula is C24H33N3S. The normalized spacial score (nSPS) is 16.9. The van der Waals surface area contributed by atoms with Crippen LogP contribution in [0.2, 0.25) is 0 Å². The smallest absolute Gasteiger partial charge is 0.128 e. The van der Waals surface area contributed by atoms with Gasteiger partial charge in [-0.15, -0.1) is 11.3 Å². The largest absolute Gasteiger partial charge is 0.298 e. The molecule has 0 atom stereocenters. The van der Waals surface area contributed by atoms with Crippen LogP contribution in [0.1, 0.15) is 61.3 Å². The fourth-order valence-corrected chi connectivity index (χ4v) is 4.57. The molecule has 0 unspecified atom stereocenters. The average molecular weight is 396 g/mol. The van der Waals surface area contributed by atoms with Crippen LogP contribution in [0.5, 0.6) is 0 Å². The first-order valence-electron chi connectivity index (χ1n) is 10.7. The number of aliphatic imine (C=N–C) groups is 2. The highest BCUT2D eigenvalue weighted by atomic mass is 32.1. The van der Waals surface area contributed by atoms with Gasteiger partial charge >= 0.3 is 0 Å². The first kappa shape index (κ1) is 20.9. The molecule has 0 bridgehead atoms. The Labute approximate surface area is 174 Å². The molecular weight excluding hydrogens is 362 g/mol. The summed E-state index contributed by atoms with van der Waals surface area (Å²) in [5.41, 5.74) is 2.35. The fourth-order valence-electron chi connectivity index (χ4n) is 3.57. The Kier molecular flexibility index (Phi) is 8.43. The van der Waals surface area contributed by atoms with Gasteiger partial charge in [0.1, 0.15) is 5.84 Å². The fraction of sp³-hybridized carbons (Fsp3) is 0.500. The van der Waals surface area contributed by atoms with Crippen LogP contribution in [0.15, 0.2) is 52.4 Å². The van der Waals surface area contributed by atoms with Gasteiger partial charge in [0.2, 0.25) is 0 Å². The van der Waals surface area contributed by atoms with Crippen molar-refractivity contribution in [2.75, 3.05) is 19.6 Å². The zero-order chi connectivity index (χ0) is 19.6. The Morgan fingerprint density at radius 3 is 2.46 bits per heavy atom. The topological polar surface area (TPSA) is 28.0 Å². The molecule has 0 amide bonds. The molecule has 150 valence electrons. The van der Waals surface area contributed by atoms with Gasteiger partial charge in [-0.05, 0) is 57.0 Å². The van der Waals surface area contributed by atoms with E-state index < -0.39 is 0 Å². The average Bonchev–Trinajstić information content (AvgIpc) is 3.02. The van der Waals surface area contributed by atoms with E-state index in [0.29, 0.717) is 0 Å². The summed E-state index contributed by atoms with van der Waals surface area (Å²) in [4.78, 5) is 15.0. The van der Waals surface area contributed by atoms with Gasteiger partial charge in [0, 0.05) is 29.3 Å². The van der Waals surface area contributed by atoms with Crippen molar-refractivity contribution < 1.29 is 0 Å². The van der Waals surface area contributed by atoms with Crippen LogP contribution in [-0.2, 0) is 13.0 Å². The first-order valence-corrected chi connectivity index (χ1v) is 11.5. The third-order valence-electron chi connectivity index (χ3n) is 5.12. The van der Waals surface area contributed by atoms with E-state index >= 15 is 0 Å². The second-order valence-corrected chi connectivity index (χ2v) is 8.78. The number of hydrogen-bond donors (Lipinski definition) is 0. The summed E-state index contributed by atoms with van der Waals surface area (Å²) in [7, 11) is 0. The van der Waals surface area contributed by atoms with Crippen molar-refractivity contribution in [3.63, 3.8) is 0 Å². The molecule has 1 aliphatic heterocycles. The molecule has 0 aliphatic carbocycles. The van der Waals surface area contributed by atoms with Crippen molar-refractivity contribution in [2.45, 2.75) is 58.9 Å². The molecule has 1 saturated heterocycles. The van der Waals surface area contributed by atoms with E-state index in [4.69, 9.17) is 9.98 Å². The summed E-state index contributed by atoms with van der Waals surface area (Å²) in [5, 5.41) is 0. The molecule has 0 radical (unpaired) electrons. The third kappa shape index (κ3) is 6.68. The Morgan fingerprint density at radius 1 is 1.00 bits per heavy atom. The van der Waals surface area contributed by atoms with Crippen molar-refractivity contribution in [3.05, 3.63) is 57.8 Å². The van der Waals surface area contributed by atoms with E-state index in [-0.39, 0.29) is 0 Å². The van der Waals surface area contributed by atoms with Crippen molar-refractivity contribution in [3.8, 4) is 0 Å². The van der Waals surface area contributed by atoms with Crippen molar-refractivity contribution in [1.29, 1.82) is 0 Å². The van der Waals surface area contributed by atoms with Gasteiger partial charge in [-0.3, -0.25) is 9.89 Å². The SMILES string of the molecule is CCCN=C(Cc1ccccc1)N=C(C)c1ccc(CN2CCCCCC2)s1. The molecule has 4 heteroatoms. The van der Waals surface area contributed by atoms with Gasteiger partial charge < -0.3 is 0 Å². The molecule has 28 heavy (non-hydrogen) atoms. The molecule has 3 rings (SSSR count). The number of thiophene rings is 1. The maximum Gasteiger partial charge on any atom is 0.128 e. The van der Waals surface area contributed by atoms with E-state index in [1.54, 1.807) is 0 Å². The molecule has 0 spiro atoms. The number of benzene rings is 1. The third-order valence-corrected chi connectivity index (χ3v) is 6.29. The summed E-state index contributed by atoms with van der Waals surface area (Å²) < 4.78 is 0. The van der Waals surface area contributed by atoms with Crippen molar-refractivity contribution in [2.24, 2.45) is 9.98 Å². The number of likely N-dealkylation sites (tertiary alicyclic amines) is 1. The Bertz CT molecular complexity index is 768. The van der Waals surface area contributed by atoms with Gasteiger partial charge in [-0.1, -0.05) is 50.1 Å². The number of rotatable bonds is 7. The Morgan fingerprint density at radius 2 is 1.75 bits per heavy atom. The van der Waals surface area contributed by atoms with E-state index in [0.717, 1.165) is 37.5 Å². The van der Waals surface area contributed by atoms with Crippen LogP contribution >= 0.6 is 11.3 Å². The minimum atomic E-state index is 0.796. The van der Waals surface area contributed by atoms with Crippen LogP contribution in [0.3, 0.4) is 0 Å². The van der Waals surface area contributed by atoms with Crippen LogP contribution in [0.4, 0.5) is 0 Å². The Hall–Kier alpha value is -1.78. The highest BCUT2D eigenvalue weighted by Gasteiger charge is 2.12. The second kappa shape index (κ2) is 11.3. The highest BCUT2D eigenvalue weighted by Crippen LogP contribution is 2.21. The number of amidine groups is 1. The van der Waals surface area contributed by atoms with Crippen molar-refractivity contribution in [1.82, 2.24) is 4.90 Å².